The number of pyridine rings is 1. The molecule has 5 rings (SSSR count). The second kappa shape index (κ2) is 14.3. The molecule has 1 saturated carbocycles. The topological polar surface area (TPSA) is 154 Å². The number of carboxylic acid groups (broad SMARTS) is 2. The van der Waals surface area contributed by atoms with Crippen molar-refractivity contribution in [2.45, 2.75) is 82.1 Å². The zero-order valence-corrected chi connectivity index (χ0v) is 23.7. The zero-order valence-electron chi connectivity index (χ0n) is 23.7. The molecule has 18 heteroatoms. The Morgan fingerprint density at radius 2 is 1.59 bits per heavy atom. The monoisotopic (exact) mass is 637 g/mol. The first-order valence-corrected chi connectivity index (χ1v) is 13.7. The minimum absolute atomic E-state index is 0.00400. The van der Waals surface area contributed by atoms with Crippen LogP contribution >= 0.6 is 0 Å². The Balaban J connectivity index is 0.000000317. The van der Waals surface area contributed by atoms with Crippen molar-refractivity contribution in [1.82, 2.24) is 34.9 Å². The van der Waals surface area contributed by atoms with Crippen LogP contribution in [0.25, 0.3) is 0 Å². The molecule has 1 saturated heterocycles. The van der Waals surface area contributed by atoms with Crippen LogP contribution < -0.4 is 5.32 Å². The van der Waals surface area contributed by atoms with E-state index < -0.39 is 24.3 Å². The Hall–Kier alpha value is -3.80. The molecule has 2 aromatic heterocycles. The normalized spacial score (nSPS) is 21.0. The molecular weight excluding hydrogens is 604 g/mol. The van der Waals surface area contributed by atoms with Crippen molar-refractivity contribution in [3.05, 3.63) is 41.7 Å². The van der Waals surface area contributed by atoms with Gasteiger partial charge in [-0.25, -0.2) is 9.59 Å². The number of aromatic nitrogens is 4. The van der Waals surface area contributed by atoms with E-state index in [4.69, 9.17) is 19.8 Å². The predicted octanol–water partition coefficient (Wildman–Crippen LogP) is 3.09. The predicted molar refractivity (Wildman–Crippen MR) is 140 cm³/mol. The van der Waals surface area contributed by atoms with Crippen LogP contribution in [-0.2, 0) is 29.2 Å². The number of nitrogens with zero attached hydrogens (tertiary/aromatic N) is 6. The van der Waals surface area contributed by atoms with E-state index in [0.29, 0.717) is 5.82 Å². The first-order valence-electron chi connectivity index (χ1n) is 13.7. The summed E-state index contributed by atoms with van der Waals surface area (Å²) in [6.45, 7) is 4.34. The van der Waals surface area contributed by atoms with Gasteiger partial charge in [0.1, 0.15) is 5.82 Å². The van der Waals surface area contributed by atoms with E-state index >= 15 is 0 Å². The van der Waals surface area contributed by atoms with Gasteiger partial charge >= 0.3 is 24.3 Å². The van der Waals surface area contributed by atoms with Gasteiger partial charge < -0.3 is 20.1 Å². The van der Waals surface area contributed by atoms with Crippen LogP contribution in [0.15, 0.2) is 24.4 Å². The molecular formula is C26H33F6N7O5. The standard InChI is InChI=1S/C22H31N7O.2C2HF3O2/c1-27-14-19-25-26-20(21(30)24-17-7-3-2-4-8-17)29(19)16-22(27)10-12-28(15-22)13-18-9-5-6-11-23-18;2*3-2(4,5)1(6)7/h5-6,9,11,17H,2-4,7-8,10,12-16H2,1H3,(H,24,30);2*(H,6,7). The number of likely N-dealkylation sites (tertiary alicyclic amines) is 1. The first kappa shape index (κ1) is 34.7. The van der Waals surface area contributed by atoms with Crippen molar-refractivity contribution in [3.63, 3.8) is 0 Å². The molecule has 3 N–H and O–H groups in total. The fourth-order valence-electron chi connectivity index (χ4n) is 5.32. The second-order valence-electron chi connectivity index (χ2n) is 10.8. The molecule has 0 aromatic carbocycles. The molecule has 244 valence electrons. The molecule has 1 spiro atoms. The van der Waals surface area contributed by atoms with Crippen LogP contribution in [-0.4, -0.2) is 102 Å². The Morgan fingerprint density at radius 3 is 2.14 bits per heavy atom. The lowest BCUT2D eigenvalue weighted by molar-refractivity contribution is -0.193. The maximum Gasteiger partial charge on any atom is 0.490 e. The molecule has 2 aromatic rings. The minimum atomic E-state index is -5.08. The van der Waals surface area contributed by atoms with Gasteiger partial charge in [-0.3, -0.25) is 19.6 Å². The van der Waals surface area contributed by atoms with Crippen molar-refractivity contribution in [1.29, 1.82) is 0 Å². The molecule has 4 heterocycles. The molecule has 0 bridgehead atoms. The number of amides is 1. The molecule has 2 aliphatic heterocycles. The highest BCUT2D eigenvalue weighted by Crippen LogP contribution is 2.34. The van der Waals surface area contributed by atoms with E-state index in [9.17, 15) is 31.1 Å². The van der Waals surface area contributed by atoms with Gasteiger partial charge in [0.2, 0.25) is 5.82 Å². The molecule has 1 amide bonds. The van der Waals surface area contributed by atoms with Gasteiger partial charge in [-0.2, -0.15) is 26.3 Å². The summed E-state index contributed by atoms with van der Waals surface area (Å²) in [5, 5.41) is 26.1. The van der Waals surface area contributed by atoms with Crippen LogP contribution in [0.2, 0.25) is 0 Å². The third kappa shape index (κ3) is 9.35. The average molecular weight is 638 g/mol. The number of alkyl halides is 6. The van der Waals surface area contributed by atoms with Crippen LogP contribution in [0.4, 0.5) is 26.3 Å². The van der Waals surface area contributed by atoms with Gasteiger partial charge in [0.05, 0.1) is 17.8 Å². The van der Waals surface area contributed by atoms with Crippen molar-refractivity contribution < 1.29 is 50.9 Å². The van der Waals surface area contributed by atoms with Crippen LogP contribution in [0.3, 0.4) is 0 Å². The third-order valence-electron chi connectivity index (χ3n) is 7.62. The Bertz CT molecular complexity index is 1260. The van der Waals surface area contributed by atoms with Gasteiger partial charge in [-0.05, 0) is 38.4 Å². The fourth-order valence-corrected chi connectivity index (χ4v) is 5.32. The zero-order chi connectivity index (χ0) is 32.7. The molecule has 1 unspecified atom stereocenters. The van der Waals surface area contributed by atoms with Crippen LogP contribution in [0, 0.1) is 0 Å². The van der Waals surface area contributed by atoms with Crippen molar-refractivity contribution in [2.24, 2.45) is 0 Å². The van der Waals surface area contributed by atoms with Gasteiger partial charge in [0, 0.05) is 38.4 Å². The maximum atomic E-state index is 13.0. The summed E-state index contributed by atoms with van der Waals surface area (Å²) in [5.41, 5.74) is 1.11. The number of halogens is 6. The number of hydrogen-bond acceptors (Lipinski definition) is 8. The fraction of sp³-hybridized carbons (Fsp3) is 0.615. The van der Waals surface area contributed by atoms with E-state index in [0.717, 1.165) is 63.5 Å². The molecule has 2 fully saturated rings. The average Bonchev–Trinajstić information content (AvgIpc) is 3.54. The highest BCUT2D eigenvalue weighted by atomic mass is 19.4. The number of carbonyl (C=O) groups is 3. The summed E-state index contributed by atoms with van der Waals surface area (Å²) >= 11 is 0. The summed E-state index contributed by atoms with van der Waals surface area (Å²) in [5.74, 6) is -4.21. The van der Waals surface area contributed by atoms with Crippen molar-refractivity contribution in [3.8, 4) is 0 Å². The minimum Gasteiger partial charge on any atom is -0.475 e. The van der Waals surface area contributed by atoms with Gasteiger partial charge in [0.15, 0.2) is 0 Å². The second-order valence-corrected chi connectivity index (χ2v) is 10.8. The van der Waals surface area contributed by atoms with Gasteiger partial charge in [0.25, 0.3) is 5.91 Å². The number of carbonyl (C=O) groups excluding carboxylic acids is 1. The molecule has 44 heavy (non-hydrogen) atoms. The highest BCUT2D eigenvalue weighted by molar-refractivity contribution is 5.91. The van der Waals surface area contributed by atoms with Crippen LogP contribution in [0.1, 0.15) is 60.7 Å². The Kier molecular flexibility index (Phi) is 11.3. The number of aliphatic carboxylic acids is 2. The summed E-state index contributed by atoms with van der Waals surface area (Å²) < 4.78 is 65.5. The number of hydrogen-bond donors (Lipinski definition) is 3. The molecule has 0 radical (unpaired) electrons. The quantitative estimate of drug-likeness (QED) is 0.427. The lowest BCUT2D eigenvalue weighted by Crippen LogP contribution is -2.55. The summed E-state index contributed by atoms with van der Waals surface area (Å²) in [4.78, 5) is 40.1. The third-order valence-corrected chi connectivity index (χ3v) is 7.62. The Morgan fingerprint density at radius 1 is 0.977 bits per heavy atom. The SMILES string of the molecule is CN1Cc2nnc(C(=O)NC3CCCCC3)n2CC12CCN(Cc1ccccn1)C2.O=C(O)C(F)(F)F.O=C(O)C(F)(F)F. The smallest absolute Gasteiger partial charge is 0.475 e. The number of nitrogens with one attached hydrogen (secondary N) is 1. The summed E-state index contributed by atoms with van der Waals surface area (Å²) in [6, 6.07) is 6.36. The largest absolute Gasteiger partial charge is 0.490 e. The number of rotatable bonds is 4. The summed E-state index contributed by atoms with van der Waals surface area (Å²) in [7, 11) is 2.17. The molecule has 1 aliphatic carbocycles. The Labute approximate surface area is 248 Å². The lowest BCUT2D eigenvalue weighted by Gasteiger charge is -2.42. The first-order chi connectivity index (χ1) is 20.5. The maximum absolute atomic E-state index is 13.0. The van der Waals surface area contributed by atoms with E-state index in [2.05, 4.69) is 48.0 Å². The van der Waals surface area contributed by atoms with E-state index in [1.807, 2.05) is 18.3 Å². The van der Waals surface area contributed by atoms with Crippen molar-refractivity contribution in [2.75, 3.05) is 20.1 Å². The van der Waals surface area contributed by atoms with Gasteiger partial charge in [-0.1, -0.05) is 25.3 Å². The summed E-state index contributed by atoms with van der Waals surface area (Å²) in [6.07, 6.45) is -1.43. The lowest BCUT2D eigenvalue weighted by atomic mass is 9.94. The van der Waals surface area contributed by atoms with E-state index in [1.165, 1.54) is 19.3 Å². The van der Waals surface area contributed by atoms with E-state index in [-0.39, 0.29) is 17.5 Å². The van der Waals surface area contributed by atoms with Gasteiger partial charge in [-0.15, -0.1) is 10.2 Å². The number of carboxylic acids is 2. The highest BCUT2D eigenvalue weighted by Gasteiger charge is 2.46. The molecule has 3 aliphatic rings. The molecule has 12 nitrogen and oxygen atoms in total. The van der Waals surface area contributed by atoms with E-state index in [1.54, 1.807) is 0 Å². The number of fused-ring (bicyclic) bond motifs is 1. The van der Waals surface area contributed by atoms with Crippen molar-refractivity contribution >= 4 is 17.8 Å². The number of likely N-dealkylation sites (N-methyl/N-ethyl adjacent to an activating group) is 1. The van der Waals surface area contributed by atoms with Crippen LogP contribution in [0.5, 0.6) is 0 Å². The molecule has 1 atom stereocenters.